The fraction of sp³-hybridized carbons (Fsp3) is 0.111. The number of ketones is 1. The van der Waals surface area contributed by atoms with Crippen LogP contribution in [0.15, 0.2) is 73.2 Å². The Morgan fingerprint density at radius 3 is 1.83 bits per heavy atom. The third kappa shape index (κ3) is 3.77. The van der Waals surface area contributed by atoms with E-state index in [0.29, 0.717) is 18.7 Å². The molecule has 23 heavy (non-hydrogen) atoms. The second-order valence-corrected chi connectivity index (χ2v) is 4.92. The van der Waals surface area contributed by atoms with Crippen molar-refractivity contribution in [2.45, 2.75) is 6.42 Å². The summed E-state index contributed by atoms with van der Waals surface area (Å²) in [6.45, 7) is 0.490. The molecule has 0 unspecified atom stereocenters. The number of rotatable bonds is 6. The summed E-state index contributed by atoms with van der Waals surface area (Å²) in [5.41, 5.74) is 0.481. The maximum absolute atomic E-state index is 12.3. The van der Waals surface area contributed by atoms with Crippen LogP contribution in [-0.2, 0) is 0 Å². The third-order valence-electron chi connectivity index (χ3n) is 3.36. The number of carbonyl (C=O) groups excluding carboxylic acids is 1. The first-order chi connectivity index (χ1) is 11.3. The summed E-state index contributed by atoms with van der Waals surface area (Å²) in [6.07, 6.45) is 5.42. The molecule has 0 saturated heterocycles. The van der Waals surface area contributed by atoms with Crippen molar-refractivity contribution in [3.8, 4) is 0 Å². The molecule has 3 aromatic rings. The first kappa shape index (κ1) is 14.8. The Bertz CT molecular complexity index is 708. The van der Waals surface area contributed by atoms with Crippen molar-refractivity contribution in [3.05, 3.63) is 78.9 Å². The highest BCUT2D eigenvalue weighted by molar-refractivity contribution is 5.94. The maximum Gasteiger partial charge on any atom is 0.182 e. The van der Waals surface area contributed by atoms with Gasteiger partial charge in [0.2, 0.25) is 0 Å². The number of carbonyl (C=O) groups is 1. The molecule has 0 aliphatic heterocycles. The Labute approximate surface area is 134 Å². The summed E-state index contributed by atoms with van der Waals surface area (Å²) in [6, 6.07) is 16.7. The highest BCUT2D eigenvalue weighted by Gasteiger charge is 2.14. The van der Waals surface area contributed by atoms with Crippen LogP contribution in [0.3, 0.4) is 0 Å². The molecular formula is C18H16N4O. The monoisotopic (exact) mass is 304 g/mol. The average Bonchev–Trinajstić information content (AvgIpc) is 2.64. The van der Waals surface area contributed by atoms with Gasteiger partial charge in [-0.1, -0.05) is 18.2 Å². The first-order valence-electron chi connectivity index (χ1n) is 7.38. The lowest BCUT2D eigenvalue weighted by atomic mass is 10.2. The van der Waals surface area contributed by atoms with Crippen LogP contribution >= 0.6 is 0 Å². The SMILES string of the molecule is O=C(CCN(c1ccccn1)c1ccccn1)c1ccccn1. The zero-order valence-corrected chi connectivity index (χ0v) is 12.5. The molecular weight excluding hydrogens is 288 g/mol. The van der Waals surface area contributed by atoms with Gasteiger partial charge >= 0.3 is 0 Å². The zero-order valence-electron chi connectivity index (χ0n) is 12.5. The fourth-order valence-corrected chi connectivity index (χ4v) is 2.24. The van der Waals surface area contributed by atoms with Gasteiger partial charge in [0.15, 0.2) is 5.78 Å². The van der Waals surface area contributed by atoms with E-state index in [1.54, 1.807) is 30.7 Å². The van der Waals surface area contributed by atoms with E-state index < -0.39 is 0 Å². The van der Waals surface area contributed by atoms with Gasteiger partial charge in [-0.15, -0.1) is 0 Å². The van der Waals surface area contributed by atoms with E-state index in [2.05, 4.69) is 15.0 Å². The van der Waals surface area contributed by atoms with Crippen molar-refractivity contribution in [2.75, 3.05) is 11.4 Å². The predicted octanol–water partition coefficient (Wildman–Crippen LogP) is 3.28. The molecule has 0 aliphatic rings. The Hall–Kier alpha value is -3.08. The lowest BCUT2D eigenvalue weighted by Crippen LogP contribution is -2.23. The smallest absolute Gasteiger partial charge is 0.182 e. The molecule has 0 aromatic carbocycles. The van der Waals surface area contributed by atoms with Crippen molar-refractivity contribution < 1.29 is 4.79 Å². The number of hydrogen-bond acceptors (Lipinski definition) is 5. The number of anilines is 2. The van der Waals surface area contributed by atoms with E-state index in [9.17, 15) is 4.79 Å². The second kappa shape index (κ2) is 7.26. The van der Waals surface area contributed by atoms with Crippen LogP contribution in [-0.4, -0.2) is 27.3 Å². The van der Waals surface area contributed by atoms with Gasteiger partial charge in [0.1, 0.15) is 17.3 Å². The van der Waals surface area contributed by atoms with E-state index >= 15 is 0 Å². The topological polar surface area (TPSA) is 59.0 Å². The average molecular weight is 304 g/mol. The van der Waals surface area contributed by atoms with Crippen molar-refractivity contribution >= 4 is 17.4 Å². The quantitative estimate of drug-likeness (QED) is 0.654. The van der Waals surface area contributed by atoms with Crippen LogP contribution in [0, 0.1) is 0 Å². The van der Waals surface area contributed by atoms with E-state index in [0.717, 1.165) is 11.6 Å². The summed E-state index contributed by atoms with van der Waals surface area (Å²) in [7, 11) is 0. The second-order valence-electron chi connectivity index (χ2n) is 4.92. The Morgan fingerprint density at radius 1 is 0.783 bits per heavy atom. The van der Waals surface area contributed by atoms with Gasteiger partial charge in [0, 0.05) is 31.6 Å². The molecule has 0 spiro atoms. The number of nitrogens with zero attached hydrogens (tertiary/aromatic N) is 4. The van der Waals surface area contributed by atoms with Gasteiger partial charge < -0.3 is 4.90 Å². The maximum atomic E-state index is 12.3. The normalized spacial score (nSPS) is 10.3. The summed E-state index contributed by atoms with van der Waals surface area (Å²) in [5.74, 6) is 1.53. The highest BCUT2D eigenvalue weighted by Crippen LogP contribution is 2.21. The summed E-state index contributed by atoms with van der Waals surface area (Å²) >= 11 is 0. The molecule has 5 nitrogen and oxygen atoms in total. The minimum Gasteiger partial charge on any atom is -0.311 e. The van der Waals surface area contributed by atoms with Gasteiger partial charge in [-0.05, 0) is 36.4 Å². The Balaban J connectivity index is 1.79. The molecule has 3 aromatic heterocycles. The molecule has 0 fully saturated rings. The number of hydrogen-bond donors (Lipinski definition) is 0. The van der Waals surface area contributed by atoms with Crippen molar-refractivity contribution in [1.82, 2.24) is 15.0 Å². The molecule has 0 aliphatic carbocycles. The van der Waals surface area contributed by atoms with Crippen molar-refractivity contribution in [1.29, 1.82) is 0 Å². The van der Waals surface area contributed by atoms with Gasteiger partial charge in [0.25, 0.3) is 0 Å². The lowest BCUT2D eigenvalue weighted by Gasteiger charge is -2.22. The van der Waals surface area contributed by atoms with E-state index in [4.69, 9.17) is 0 Å². The lowest BCUT2D eigenvalue weighted by molar-refractivity contribution is 0.0980. The van der Waals surface area contributed by atoms with E-state index in [1.165, 1.54) is 0 Å². The van der Waals surface area contributed by atoms with Crippen LogP contribution in [0.5, 0.6) is 0 Å². The largest absolute Gasteiger partial charge is 0.311 e. The zero-order chi connectivity index (χ0) is 15.9. The van der Waals surface area contributed by atoms with Crippen LogP contribution in [0.25, 0.3) is 0 Å². The molecule has 3 heterocycles. The summed E-state index contributed by atoms with van der Waals surface area (Å²) in [5, 5.41) is 0. The number of pyridine rings is 3. The van der Waals surface area contributed by atoms with Crippen LogP contribution < -0.4 is 4.90 Å². The fourth-order valence-electron chi connectivity index (χ4n) is 2.24. The van der Waals surface area contributed by atoms with Crippen molar-refractivity contribution in [2.24, 2.45) is 0 Å². The molecule has 3 rings (SSSR count). The summed E-state index contributed by atoms with van der Waals surface area (Å²) in [4.78, 5) is 27.0. The summed E-state index contributed by atoms with van der Waals surface area (Å²) < 4.78 is 0. The molecule has 0 atom stereocenters. The highest BCUT2D eigenvalue weighted by atomic mass is 16.1. The predicted molar refractivity (Wildman–Crippen MR) is 88.7 cm³/mol. The molecule has 114 valence electrons. The van der Waals surface area contributed by atoms with E-state index in [-0.39, 0.29) is 5.78 Å². The Kier molecular flexibility index (Phi) is 4.69. The minimum absolute atomic E-state index is 0.00228. The standard InChI is InChI=1S/C18H16N4O/c23-16(15-7-1-4-11-19-15)10-14-22(17-8-2-5-12-20-17)18-9-3-6-13-21-18/h1-9,11-13H,10,14H2. The van der Waals surface area contributed by atoms with Crippen molar-refractivity contribution in [3.63, 3.8) is 0 Å². The molecule has 0 N–H and O–H groups in total. The van der Waals surface area contributed by atoms with Gasteiger partial charge in [0.05, 0.1) is 0 Å². The molecule has 0 saturated carbocycles. The first-order valence-corrected chi connectivity index (χ1v) is 7.38. The van der Waals surface area contributed by atoms with E-state index in [1.807, 2.05) is 47.4 Å². The number of aromatic nitrogens is 3. The van der Waals surface area contributed by atoms with Crippen LogP contribution in [0.4, 0.5) is 11.6 Å². The number of Topliss-reactive ketones (excluding diaryl/α,β-unsaturated/α-hetero) is 1. The van der Waals surface area contributed by atoms with Crippen LogP contribution in [0.2, 0.25) is 0 Å². The third-order valence-corrected chi connectivity index (χ3v) is 3.36. The molecule has 0 amide bonds. The molecule has 0 radical (unpaired) electrons. The minimum atomic E-state index is 0.00228. The van der Waals surface area contributed by atoms with Gasteiger partial charge in [-0.2, -0.15) is 0 Å². The molecule has 0 bridgehead atoms. The van der Waals surface area contributed by atoms with Gasteiger partial charge in [-0.3, -0.25) is 9.78 Å². The van der Waals surface area contributed by atoms with Gasteiger partial charge in [-0.25, -0.2) is 9.97 Å². The Morgan fingerprint density at radius 2 is 1.35 bits per heavy atom. The molecule has 5 heteroatoms. The van der Waals surface area contributed by atoms with Crippen LogP contribution in [0.1, 0.15) is 16.9 Å².